The van der Waals surface area contributed by atoms with Crippen LogP contribution in [0.25, 0.3) is 0 Å². The summed E-state index contributed by atoms with van der Waals surface area (Å²) in [5, 5.41) is 9.46. The first kappa shape index (κ1) is 54.7. The molecule has 0 radical (unpaired) electrons. The Morgan fingerprint density at radius 2 is 0.545 bits per heavy atom. The molecule has 0 saturated heterocycles. The van der Waals surface area contributed by atoms with Crippen molar-refractivity contribution in [3.8, 4) is 0 Å². The van der Waals surface area contributed by atoms with E-state index >= 15 is 0 Å². The van der Waals surface area contributed by atoms with Crippen molar-refractivity contribution in [2.75, 3.05) is 63.9 Å². The van der Waals surface area contributed by atoms with Crippen molar-refractivity contribution in [1.82, 2.24) is 13.5 Å². The quantitative estimate of drug-likeness (QED) is 0.0614. The third kappa shape index (κ3) is 33.3. The minimum absolute atomic E-state index is 0.211. The Labute approximate surface area is 344 Å². The lowest BCUT2D eigenvalue weighted by Crippen LogP contribution is -2.35. The SMILES string of the molecule is CCCCCCCCN(CCCCCC)S(=O)(=O)CCCCCCCN(CCCO)CCCCCCCS(=O)(=O)N(CCCCCC)CCCCCCCC. The summed E-state index contributed by atoms with van der Waals surface area (Å²) in [6.45, 7) is 14.7. The van der Waals surface area contributed by atoms with Crippen LogP contribution in [-0.2, 0) is 20.0 Å². The molecule has 0 aliphatic heterocycles. The summed E-state index contributed by atoms with van der Waals surface area (Å²) in [5.74, 6) is 0.559. The highest BCUT2D eigenvalue weighted by Gasteiger charge is 2.22. The molecule has 0 unspecified atom stereocenters. The first-order valence-corrected chi connectivity index (χ1v) is 27.2. The summed E-state index contributed by atoms with van der Waals surface area (Å²) in [6.07, 6.45) is 33.7. The summed E-state index contributed by atoms with van der Waals surface area (Å²) in [4.78, 5) is 2.47. The Kier molecular flexibility index (Phi) is 39.0. The van der Waals surface area contributed by atoms with Crippen LogP contribution in [0.15, 0.2) is 0 Å². The number of rotatable bonds is 45. The van der Waals surface area contributed by atoms with Gasteiger partial charge in [-0.3, -0.25) is 0 Å². The van der Waals surface area contributed by atoms with Crippen molar-refractivity contribution >= 4 is 20.0 Å². The highest BCUT2D eigenvalue weighted by Crippen LogP contribution is 2.16. The van der Waals surface area contributed by atoms with Gasteiger partial charge >= 0.3 is 0 Å². The molecule has 0 rings (SSSR count). The minimum atomic E-state index is -3.20. The fourth-order valence-corrected chi connectivity index (χ4v) is 10.8. The van der Waals surface area contributed by atoms with Gasteiger partial charge < -0.3 is 10.0 Å². The Balaban J connectivity index is 4.48. The Morgan fingerprint density at radius 1 is 0.309 bits per heavy atom. The first-order chi connectivity index (χ1) is 26.7. The van der Waals surface area contributed by atoms with Gasteiger partial charge in [0.25, 0.3) is 0 Å². The molecule has 10 heteroatoms. The molecule has 0 aliphatic carbocycles. The second kappa shape index (κ2) is 39.2. The number of unbranched alkanes of at least 4 members (excludes halogenated alkanes) is 24. The molecule has 332 valence electrons. The van der Waals surface area contributed by atoms with Crippen molar-refractivity contribution in [1.29, 1.82) is 0 Å². The predicted molar refractivity (Wildman–Crippen MR) is 240 cm³/mol. The van der Waals surface area contributed by atoms with Gasteiger partial charge in [0.15, 0.2) is 0 Å². The van der Waals surface area contributed by atoms with Crippen LogP contribution in [0.5, 0.6) is 0 Å². The smallest absolute Gasteiger partial charge is 0.214 e. The summed E-state index contributed by atoms with van der Waals surface area (Å²) < 4.78 is 56.8. The van der Waals surface area contributed by atoms with Gasteiger partial charge in [0.2, 0.25) is 20.0 Å². The number of aliphatic hydroxyl groups is 1. The summed E-state index contributed by atoms with van der Waals surface area (Å²) in [7, 11) is -6.39. The van der Waals surface area contributed by atoms with Gasteiger partial charge in [-0.25, -0.2) is 25.4 Å². The zero-order valence-corrected chi connectivity index (χ0v) is 38.9. The Hall–Kier alpha value is -0.260. The predicted octanol–water partition coefficient (Wildman–Crippen LogP) is 11.7. The zero-order chi connectivity index (χ0) is 40.7. The fourth-order valence-electron chi connectivity index (χ4n) is 7.54. The number of hydrogen-bond acceptors (Lipinski definition) is 6. The molecule has 0 saturated carbocycles. The number of sulfonamides is 2. The highest BCUT2D eigenvalue weighted by atomic mass is 32.2. The summed E-state index contributed by atoms with van der Waals surface area (Å²) in [6, 6.07) is 0. The summed E-state index contributed by atoms with van der Waals surface area (Å²) in [5.41, 5.74) is 0. The van der Waals surface area contributed by atoms with Crippen molar-refractivity contribution < 1.29 is 21.9 Å². The van der Waals surface area contributed by atoms with Crippen molar-refractivity contribution in [2.24, 2.45) is 0 Å². The molecule has 0 aromatic rings. The van der Waals surface area contributed by atoms with Gasteiger partial charge in [0.1, 0.15) is 0 Å². The standard InChI is InChI=1S/C45H95N3O5S2/c1-5-9-13-17-23-31-41-47(39-29-15-11-7-3)54(50,51)44-33-25-19-21-27-36-46(38-35-43-49)37-28-22-20-26-34-45-55(52,53)48(40-30-16-12-8-4)42-32-24-18-14-10-6-2/h49H,5-45H2,1-4H3. The molecule has 0 spiro atoms. The first-order valence-electron chi connectivity index (χ1n) is 24.0. The lowest BCUT2D eigenvalue weighted by Gasteiger charge is -2.23. The number of nitrogens with zero attached hydrogens (tertiary/aromatic N) is 3. The minimum Gasteiger partial charge on any atom is -0.396 e. The topological polar surface area (TPSA) is 98.2 Å². The van der Waals surface area contributed by atoms with Crippen LogP contribution < -0.4 is 0 Å². The van der Waals surface area contributed by atoms with Gasteiger partial charge in [-0.15, -0.1) is 0 Å². The maximum absolute atomic E-state index is 13.3. The van der Waals surface area contributed by atoms with Crippen LogP contribution in [0.2, 0.25) is 0 Å². The zero-order valence-electron chi connectivity index (χ0n) is 37.2. The van der Waals surface area contributed by atoms with E-state index in [4.69, 9.17) is 0 Å². The normalized spacial score (nSPS) is 12.6. The van der Waals surface area contributed by atoms with Gasteiger partial charge in [0.05, 0.1) is 11.5 Å². The Bertz CT molecular complexity index is 936. The molecule has 0 heterocycles. The average Bonchev–Trinajstić information content (AvgIpc) is 3.16. The lowest BCUT2D eigenvalue weighted by atomic mass is 10.1. The van der Waals surface area contributed by atoms with Gasteiger partial charge in [-0.05, 0) is 70.9 Å². The van der Waals surface area contributed by atoms with Crippen molar-refractivity contribution in [3.63, 3.8) is 0 Å². The van der Waals surface area contributed by atoms with E-state index in [9.17, 15) is 21.9 Å². The molecule has 0 bridgehead atoms. The van der Waals surface area contributed by atoms with Crippen LogP contribution in [0.3, 0.4) is 0 Å². The second-order valence-electron chi connectivity index (χ2n) is 16.5. The van der Waals surface area contributed by atoms with Crippen LogP contribution in [0.4, 0.5) is 0 Å². The maximum Gasteiger partial charge on any atom is 0.214 e. The highest BCUT2D eigenvalue weighted by molar-refractivity contribution is 7.89. The van der Waals surface area contributed by atoms with E-state index in [1.807, 2.05) is 8.61 Å². The molecular weight excluding hydrogens is 727 g/mol. The second-order valence-corrected chi connectivity index (χ2v) is 20.7. The third-order valence-electron chi connectivity index (χ3n) is 11.2. The number of hydrogen-bond donors (Lipinski definition) is 1. The van der Waals surface area contributed by atoms with E-state index in [-0.39, 0.29) is 18.1 Å². The van der Waals surface area contributed by atoms with Crippen LogP contribution >= 0.6 is 0 Å². The van der Waals surface area contributed by atoms with E-state index in [0.29, 0.717) is 26.2 Å². The van der Waals surface area contributed by atoms with E-state index in [1.54, 1.807) is 0 Å². The molecule has 0 aromatic heterocycles. The maximum atomic E-state index is 13.3. The van der Waals surface area contributed by atoms with Gasteiger partial charge in [-0.2, -0.15) is 0 Å². The molecule has 1 N–H and O–H groups in total. The molecular formula is C45H95N3O5S2. The molecule has 0 aromatic carbocycles. The Morgan fingerprint density at radius 3 is 0.855 bits per heavy atom. The average molecular weight is 822 g/mol. The molecule has 0 fully saturated rings. The van der Waals surface area contributed by atoms with Gasteiger partial charge in [-0.1, -0.05) is 169 Å². The van der Waals surface area contributed by atoms with Crippen molar-refractivity contribution in [3.05, 3.63) is 0 Å². The van der Waals surface area contributed by atoms with Crippen molar-refractivity contribution in [2.45, 2.75) is 227 Å². The van der Waals surface area contributed by atoms with E-state index < -0.39 is 20.0 Å². The molecule has 0 aliphatic rings. The van der Waals surface area contributed by atoms with Crippen LogP contribution in [-0.4, -0.2) is 99.4 Å². The fraction of sp³-hybridized carbons (Fsp3) is 1.00. The van der Waals surface area contributed by atoms with Crippen LogP contribution in [0.1, 0.15) is 227 Å². The molecule has 0 amide bonds. The molecule has 55 heavy (non-hydrogen) atoms. The number of aliphatic hydroxyl groups excluding tert-OH is 1. The molecule has 0 atom stereocenters. The summed E-state index contributed by atoms with van der Waals surface area (Å²) >= 11 is 0. The van der Waals surface area contributed by atoms with Gasteiger partial charge in [0, 0.05) is 39.3 Å². The monoisotopic (exact) mass is 822 g/mol. The van der Waals surface area contributed by atoms with E-state index in [0.717, 1.165) is 154 Å². The lowest BCUT2D eigenvalue weighted by molar-refractivity contribution is 0.217. The largest absolute Gasteiger partial charge is 0.396 e. The van der Waals surface area contributed by atoms with E-state index in [2.05, 4.69) is 32.6 Å². The van der Waals surface area contributed by atoms with Crippen LogP contribution in [0, 0.1) is 0 Å². The third-order valence-corrected chi connectivity index (χ3v) is 15.1. The molecule has 8 nitrogen and oxygen atoms in total. The van der Waals surface area contributed by atoms with E-state index in [1.165, 1.54) is 64.2 Å².